The molecular weight excluding hydrogens is 206 g/mol. The molecule has 0 saturated heterocycles. The number of halogens is 1. The van der Waals surface area contributed by atoms with Gasteiger partial charge in [-0.3, -0.25) is 0 Å². The van der Waals surface area contributed by atoms with Gasteiger partial charge in [-0.05, 0) is 18.4 Å². The van der Waals surface area contributed by atoms with E-state index in [0.717, 1.165) is 29.6 Å². The monoisotopic (exact) mass is 215 g/mol. The standard InChI is InChI=1S/C13H10ClN/c14-12-8-4-7-11(9-15)13(12)10-5-2-1-3-6-10/h1-3,5-6,8H,4,7H2. The lowest BCUT2D eigenvalue weighted by atomic mass is 9.93. The highest BCUT2D eigenvalue weighted by Gasteiger charge is 2.15. The maximum Gasteiger partial charge on any atom is 0.0954 e. The van der Waals surface area contributed by atoms with Crippen molar-refractivity contribution in [1.29, 1.82) is 5.26 Å². The third kappa shape index (κ3) is 1.95. The first kappa shape index (κ1) is 10.0. The lowest BCUT2D eigenvalue weighted by Crippen LogP contribution is -1.96. The van der Waals surface area contributed by atoms with Crippen molar-refractivity contribution in [3.05, 3.63) is 52.6 Å². The summed E-state index contributed by atoms with van der Waals surface area (Å²) in [5.74, 6) is 0. The van der Waals surface area contributed by atoms with E-state index in [9.17, 15) is 0 Å². The number of nitrogens with zero attached hydrogens (tertiary/aromatic N) is 1. The highest BCUT2D eigenvalue weighted by molar-refractivity contribution is 6.37. The predicted octanol–water partition coefficient (Wildman–Crippen LogP) is 3.88. The normalized spacial score (nSPS) is 15.9. The van der Waals surface area contributed by atoms with Crippen molar-refractivity contribution in [2.45, 2.75) is 12.8 Å². The Labute approximate surface area is 94.3 Å². The Morgan fingerprint density at radius 3 is 2.60 bits per heavy atom. The first-order chi connectivity index (χ1) is 7.33. The molecule has 1 aromatic rings. The zero-order valence-corrected chi connectivity index (χ0v) is 8.96. The molecule has 0 atom stereocenters. The molecule has 0 N–H and O–H groups in total. The molecule has 0 amide bonds. The Bertz CT molecular complexity index is 463. The van der Waals surface area contributed by atoms with Crippen LogP contribution < -0.4 is 0 Å². The molecule has 0 radical (unpaired) electrons. The highest BCUT2D eigenvalue weighted by Crippen LogP contribution is 2.34. The summed E-state index contributed by atoms with van der Waals surface area (Å²) in [4.78, 5) is 0. The van der Waals surface area contributed by atoms with E-state index >= 15 is 0 Å². The van der Waals surface area contributed by atoms with Crippen LogP contribution in [-0.2, 0) is 0 Å². The van der Waals surface area contributed by atoms with Crippen molar-refractivity contribution in [2.75, 3.05) is 0 Å². The molecule has 0 unspecified atom stereocenters. The lowest BCUT2D eigenvalue weighted by Gasteiger charge is -2.14. The fraction of sp³-hybridized carbons (Fsp3) is 0.154. The zero-order valence-electron chi connectivity index (χ0n) is 8.20. The van der Waals surface area contributed by atoms with Crippen LogP contribution in [0.1, 0.15) is 18.4 Å². The number of hydrogen-bond acceptors (Lipinski definition) is 1. The van der Waals surface area contributed by atoms with Crippen LogP contribution in [0.4, 0.5) is 0 Å². The summed E-state index contributed by atoms with van der Waals surface area (Å²) in [7, 11) is 0. The molecule has 2 rings (SSSR count). The van der Waals surface area contributed by atoms with Gasteiger partial charge in [-0.15, -0.1) is 0 Å². The number of rotatable bonds is 1. The number of nitriles is 1. The minimum Gasteiger partial charge on any atom is -0.193 e. The summed E-state index contributed by atoms with van der Waals surface area (Å²) in [6.07, 6.45) is 3.62. The molecule has 15 heavy (non-hydrogen) atoms. The molecule has 0 fully saturated rings. The molecule has 0 heterocycles. The number of hydrogen-bond donors (Lipinski definition) is 0. The average molecular weight is 216 g/mol. The summed E-state index contributed by atoms with van der Waals surface area (Å²) >= 11 is 6.14. The summed E-state index contributed by atoms with van der Waals surface area (Å²) in [6.45, 7) is 0. The van der Waals surface area contributed by atoms with Gasteiger partial charge in [-0.25, -0.2) is 0 Å². The van der Waals surface area contributed by atoms with Crippen molar-refractivity contribution in [3.8, 4) is 6.07 Å². The maximum atomic E-state index is 9.05. The molecule has 0 spiro atoms. The molecule has 2 heteroatoms. The van der Waals surface area contributed by atoms with E-state index < -0.39 is 0 Å². The van der Waals surface area contributed by atoms with Crippen LogP contribution in [0, 0.1) is 11.3 Å². The second-order valence-corrected chi connectivity index (χ2v) is 3.83. The van der Waals surface area contributed by atoms with Crippen molar-refractivity contribution in [1.82, 2.24) is 0 Å². The zero-order chi connectivity index (χ0) is 10.7. The van der Waals surface area contributed by atoms with Crippen LogP contribution in [0.25, 0.3) is 5.57 Å². The fourth-order valence-electron chi connectivity index (χ4n) is 1.74. The topological polar surface area (TPSA) is 23.8 Å². The smallest absolute Gasteiger partial charge is 0.0954 e. The van der Waals surface area contributed by atoms with Gasteiger partial charge < -0.3 is 0 Å². The Morgan fingerprint density at radius 1 is 1.20 bits per heavy atom. The van der Waals surface area contributed by atoms with Crippen LogP contribution in [0.2, 0.25) is 0 Å². The molecule has 1 aliphatic carbocycles. The van der Waals surface area contributed by atoms with Crippen molar-refractivity contribution < 1.29 is 0 Å². The molecular formula is C13H10ClN. The Hall–Kier alpha value is -1.52. The Morgan fingerprint density at radius 2 is 1.93 bits per heavy atom. The molecule has 1 aliphatic rings. The molecule has 1 aromatic carbocycles. The van der Waals surface area contributed by atoms with E-state index in [4.69, 9.17) is 16.9 Å². The fourth-order valence-corrected chi connectivity index (χ4v) is 2.08. The van der Waals surface area contributed by atoms with Gasteiger partial charge in [0.15, 0.2) is 0 Å². The Kier molecular flexibility index (Phi) is 2.89. The number of benzene rings is 1. The summed E-state index contributed by atoms with van der Waals surface area (Å²) < 4.78 is 0. The Balaban J connectivity index is 2.55. The van der Waals surface area contributed by atoms with Gasteiger partial charge in [0.05, 0.1) is 6.07 Å². The van der Waals surface area contributed by atoms with E-state index in [1.165, 1.54) is 0 Å². The molecule has 74 valence electrons. The summed E-state index contributed by atoms with van der Waals surface area (Å²) in [5, 5.41) is 9.74. The maximum absolute atomic E-state index is 9.05. The van der Waals surface area contributed by atoms with Crippen LogP contribution in [-0.4, -0.2) is 0 Å². The highest BCUT2D eigenvalue weighted by atomic mass is 35.5. The molecule has 0 saturated carbocycles. The van der Waals surface area contributed by atoms with Crippen LogP contribution in [0.3, 0.4) is 0 Å². The third-order valence-corrected chi connectivity index (χ3v) is 2.80. The van der Waals surface area contributed by atoms with E-state index in [0.29, 0.717) is 5.03 Å². The molecule has 0 bridgehead atoms. The van der Waals surface area contributed by atoms with Crippen LogP contribution in [0.5, 0.6) is 0 Å². The average Bonchev–Trinajstić information content (AvgIpc) is 2.29. The quantitative estimate of drug-likeness (QED) is 0.698. The summed E-state index contributed by atoms with van der Waals surface area (Å²) in [5.41, 5.74) is 2.70. The van der Waals surface area contributed by atoms with Gasteiger partial charge >= 0.3 is 0 Å². The largest absolute Gasteiger partial charge is 0.193 e. The van der Waals surface area contributed by atoms with Gasteiger partial charge in [0, 0.05) is 16.2 Å². The van der Waals surface area contributed by atoms with Crippen LogP contribution in [0.15, 0.2) is 47.0 Å². The van der Waals surface area contributed by atoms with E-state index in [1.807, 2.05) is 36.4 Å². The van der Waals surface area contributed by atoms with Crippen molar-refractivity contribution in [2.24, 2.45) is 0 Å². The van der Waals surface area contributed by atoms with Crippen molar-refractivity contribution in [3.63, 3.8) is 0 Å². The first-order valence-corrected chi connectivity index (χ1v) is 5.25. The molecule has 1 nitrogen and oxygen atoms in total. The summed E-state index contributed by atoms with van der Waals surface area (Å²) in [6, 6.07) is 12.1. The lowest BCUT2D eigenvalue weighted by molar-refractivity contribution is 0.995. The van der Waals surface area contributed by atoms with Gasteiger partial charge in [-0.2, -0.15) is 5.26 Å². The second-order valence-electron chi connectivity index (χ2n) is 3.42. The van der Waals surface area contributed by atoms with Gasteiger partial charge in [0.1, 0.15) is 0 Å². The van der Waals surface area contributed by atoms with Crippen LogP contribution >= 0.6 is 11.6 Å². The van der Waals surface area contributed by atoms with E-state index in [2.05, 4.69) is 6.07 Å². The van der Waals surface area contributed by atoms with Crippen molar-refractivity contribution >= 4 is 17.2 Å². The van der Waals surface area contributed by atoms with E-state index in [-0.39, 0.29) is 0 Å². The molecule has 0 aromatic heterocycles. The predicted molar refractivity (Wildman–Crippen MR) is 62.1 cm³/mol. The third-order valence-electron chi connectivity index (χ3n) is 2.46. The number of allylic oxidation sites excluding steroid dienone is 4. The second kappa shape index (κ2) is 4.33. The van der Waals surface area contributed by atoms with E-state index in [1.54, 1.807) is 0 Å². The minimum atomic E-state index is 0.698. The van der Waals surface area contributed by atoms with Gasteiger partial charge in [0.2, 0.25) is 0 Å². The van der Waals surface area contributed by atoms with Gasteiger partial charge in [-0.1, -0.05) is 48.0 Å². The SMILES string of the molecule is N#CC1=C(c2ccccc2)C(Cl)=CCC1. The minimum absolute atomic E-state index is 0.698. The molecule has 0 aliphatic heterocycles. The van der Waals surface area contributed by atoms with Gasteiger partial charge in [0.25, 0.3) is 0 Å². The first-order valence-electron chi connectivity index (χ1n) is 4.87.